The summed E-state index contributed by atoms with van der Waals surface area (Å²) in [5, 5.41) is 0. The van der Waals surface area contributed by atoms with Crippen molar-refractivity contribution in [1.29, 1.82) is 0 Å². The van der Waals surface area contributed by atoms with Crippen molar-refractivity contribution in [2.24, 2.45) is 0 Å². The molecule has 0 N–H and O–H groups in total. The van der Waals surface area contributed by atoms with Crippen LogP contribution in [0, 0.1) is 11.8 Å². The first-order chi connectivity index (χ1) is 3.91. The van der Waals surface area contributed by atoms with Gasteiger partial charge in [0.1, 0.15) is 6.67 Å². The second kappa shape index (κ2) is 5.96. The molecule has 0 atom stereocenters. The summed E-state index contributed by atoms with van der Waals surface area (Å²) in [6.07, 6.45) is 0. The van der Waals surface area contributed by atoms with Gasteiger partial charge in [-0.3, -0.25) is 4.79 Å². The predicted octanol–water partition coefficient (Wildman–Crippen LogP) is 0.132. The van der Waals surface area contributed by atoms with E-state index < -0.39 is 6.67 Å². The van der Waals surface area contributed by atoms with E-state index in [4.69, 9.17) is 0 Å². The lowest BCUT2D eigenvalue weighted by Gasteiger charge is -1.81. The lowest BCUT2D eigenvalue weighted by molar-refractivity contribution is -0.127. The molecule has 0 radical (unpaired) electrons. The van der Waals surface area contributed by atoms with E-state index in [1.165, 1.54) is 0 Å². The van der Waals surface area contributed by atoms with Crippen LogP contribution in [0.4, 0.5) is 4.39 Å². The van der Waals surface area contributed by atoms with Gasteiger partial charge in [0.15, 0.2) is 6.61 Å². The second-order valence-corrected chi connectivity index (χ2v) is 0.894. The van der Waals surface area contributed by atoms with E-state index in [-0.39, 0.29) is 13.1 Å². The molecule has 8 heavy (non-hydrogen) atoms. The van der Waals surface area contributed by atoms with Gasteiger partial charge in [-0.2, -0.15) is 0 Å². The zero-order chi connectivity index (χ0) is 6.24. The summed E-state index contributed by atoms with van der Waals surface area (Å²) in [6, 6.07) is 0. The summed E-state index contributed by atoms with van der Waals surface area (Å²) < 4.78 is 15.2. The molecule has 0 bridgehead atoms. The first-order valence-corrected chi connectivity index (χ1v) is 1.98. The Bertz CT molecular complexity index is 111. The van der Waals surface area contributed by atoms with Gasteiger partial charge in [-0.25, -0.2) is 4.39 Å². The number of carbonyl (C=O) groups is 1. The molecule has 0 saturated heterocycles. The average Bonchev–Trinajstić information content (AvgIpc) is 1.81. The molecule has 0 aliphatic heterocycles. The Kier molecular flexibility index (Phi) is 5.19. The highest BCUT2D eigenvalue weighted by Gasteiger charge is 1.70. The highest BCUT2D eigenvalue weighted by molar-refractivity contribution is 5.37. The number of hydrogen-bond donors (Lipinski definition) is 0. The number of carbonyl (C=O) groups excluding carboxylic acids is 1. The Labute approximate surface area is 46.6 Å². The Hall–Kier alpha value is -1.04. The number of hydrogen-bond acceptors (Lipinski definition) is 2. The third-order valence-corrected chi connectivity index (χ3v) is 0.415. The van der Waals surface area contributed by atoms with Gasteiger partial charge in [0.05, 0.1) is 0 Å². The fourth-order valence-corrected chi connectivity index (χ4v) is 0.174. The van der Waals surface area contributed by atoms with E-state index in [1.54, 1.807) is 0 Å². The van der Waals surface area contributed by atoms with Crippen LogP contribution in [0.5, 0.6) is 0 Å². The standard InChI is InChI=1S/C5H5FO2/c6-3-1-2-4-8-5-7/h5H,3-4H2. The molecule has 0 saturated carbocycles. The van der Waals surface area contributed by atoms with E-state index in [0.29, 0.717) is 0 Å². The molecule has 2 nitrogen and oxygen atoms in total. The van der Waals surface area contributed by atoms with Gasteiger partial charge in [0.2, 0.25) is 0 Å². The second-order valence-electron chi connectivity index (χ2n) is 0.894. The van der Waals surface area contributed by atoms with Crippen LogP contribution in [0.25, 0.3) is 0 Å². The van der Waals surface area contributed by atoms with E-state index in [0.717, 1.165) is 0 Å². The maximum absolute atomic E-state index is 11.1. The summed E-state index contributed by atoms with van der Waals surface area (Å²) in [7, 11) is 0. The maximum atomic E-state index is 11.1. The lowest BCUT2D eigenvalue weighted by atomic mass is 10.6. The number of alkyl halides is 1. The molecule has 0 aromatic rings. The Morgan fingerprint density at radius 1 is 1.62 bits per heavy atom. The minimum Gasteiger partial charge on any atom is -0.455 e. The molecule has 3 heteroatoms. The molecule has 0 aromatic heterocycles. The van der Waals surface area contributed by atoms with Gasteiger partial charge in [0, 0.05) is 0 Å². The van der Waals surface area contributed by atoms with Gasteiger partial charge >= 0.3 is 0 Å². The molecule has 0 aromatic carbocycles. The maximum Gasteiger partial charge on any atom is 0.294 e. The summed E-state index contributed by atoms with van der Waals surface area (Å²) >= 11 is 0. The molecular weight excluding hydrogens is 111 g/mol. The first-order valence-electron chi connectivity index (χ1n) is 1.98. The van der Waals surface area contributed by atoms with Crippen molar-refractivity contribution in [3.8, 4) is 11.8 Å². The number of ether oxygens (including phenoxy) is 1. The van der Waals surface area contributed by atoms with Gasteiger partial charge < -0.3 is 4.74 Å². The van der Waals surface area contributed by atoms with Crippen LogP contribution in [-0.2, 0) is 9.53 Å². The highest BCUT2D eigenvalue weighted by atomic mass is 19.1. The average molecular weight is 116 g/mol. The van der Waals surface area contributed by atoms with Crippen LogP contribution >= 0.6 is 0 Å². The van der Waals surface area contributed by atoms with Crippen LogP contribution < -0.4 is 0 Å². The molecule has 0 aliphatic rings. The van der Waals surface area contributed by atoms with Crippen molar-refractivity contribution in [1.82, 2.24) is 0 Å². The van der Waals surface area contributed by atoms with Crippen molar-refractivity contribution in [3.05, 3.63) is 0 Å². The first kappa shape index (κ1) is 6.96. The van der Waals surface area contributed by atoms with Crippen molar-refractivity contribution < 1.29 is 13.9 Å². The molecule has 0 rings (SSSR count). The highest BCUT2D eigenvalue weighted by Crippen LogP contribution is 1.63. The smallest absolute Gasteiger partial charge is 0.294 e. The van der Waals surface area contributed by atoms with Gasteiger partial charge in [-0.15, -0.1) is 0 Å². The van der Waals surface area contributed by atoms with Crippen LogP contribution in [0.3, 0.4) is 0 Å². The van der Waals surface area contributed by atoms with Crippen molar-refractivity contribution in [2.45, 2.75) is 0 Å². The van der Waals surface area contributed by atoms with Crippen LogP contribution in [-0.4, -0.2) is 19.8 Å². The number of halogens is 1. The zero-order valence-corrected chi connectivity index (χ0v) is 4.19. The molecule has 0 unspecified atom stereocenters. The summed E-state index contributed by atoms with van der Waals surface area (Å²) in [6.45, 7) is -0.442. The SMILES string of the molecule is O=COCC#CCF. The molecule has 0 amide bonds. The van der Waals surface area contributed by atoms with Crippen molar-refractivity contribution >= 4 is 6.47 Å². The molecular formula is C5H5FO2. The quantitative estimate of drug-likeness (QED) is 0.291. The number of rotatable bonds is 2. The van der Waals surface area contributed by atoms with E-state index in [9.17, 15) is 9.18 Å². The molecule has 44 valence electrons. The summed E-state index contributed by atoms with van der Waals surface area (Å²) in [5.41, 5.74) is 0. The third-order valence-electron chi connectivity index (χ3n) is 0.415. The van der Waals surface area contributed by atoms with E-state index >= 15 is 0 Å². The van der Waals surface area contributed by atoms with Crippen LogP contribution in [0.1, 0.15) is 0 Å². The van der Waals surface area contributed by atoms with Gasteiger partial charge in [-0.1, -0.05) is 11.8 Å². The Balaban J connectivity index is 3.02. The summed E-state index contributed by atoms with van der Waals surface area (Å²) in [4.78, 5) is 9.38. The lowest BCUT2D eigenvalue weighted by Crippen LogP contribution is -1.85. The third kappa shape index (κ3) is 4.96. The van der Waals surface area contributed by atoms with Crippen LogP contribution in [0.15, 0.2) is 0 Å². The Morgan fingerprint density at radius 2 is 2.38 bits per heavy atom. The van der Waals surface area contributed by atoms with Gasteiger partial charge in [-0.05, 0) is 0 Å². The molecule has 0 aliphatic carbocycles. The largest absolute Gasteiger partial charge is 0.455 e. The van der Waals surface area contributed by atoms with Crippen LogP contribution in [0.2, 0.25) is 0 Å². The molecule has 0 heterocycles. The topological polar surface area (TPSA) is 26.3 Å². The fourth-order valence-electron chi connectivity index (χ4n) is 0.174. The molecule has 0 fully saturated rings. The molecule has 0 spiro atoms. The van der Waals surface area contributed by atoms with E-state index in [1.807, 2.05) is 0 Å². The summed E-state index contributed by atoms with van der Waals surface area (Å²) in [5.74, 6) is 4.34. The van der Waals surface area contributed by atoms with Gasteiger partial charge in [0.25, 0.3) is 6.47 Å². The minimum absolute atomic E-state index is 0.0204. The predicted molar refractivity (Wildman–Crippen MR) is 25.8 cm³/mol. The zero-order valence-electron chi connectivity index (χ0n) is 4.19. The normalized spacial score (nSPS) is 6.62. The Morgan fingerprint density at radius 3 is 2.88 bits per heavy atom. The van der Waals surface area contributed by atoms with E-state index in [2.05, 4.69) is 16.6 Å². The minimum atomic E-state index is -0.692. The fraction of sp³-hybridized carbons (Fsp3) is 0.400. The monoisotopic (exact) mass is 116 g/mol. The van der Waals surface area contributed by atoms with Crippen molar-refractivity contribution in [3.63, 3.8) is 0 Å². The van der Waals surface area contributed by atoms with Crippen molar-refractivity contribution in [2.75, 3.05) is 13.3 Å².